The molecule has 1 aliphatic rings. The normalized spacial score (nSPS) is 16.3. The average Bonchev–Trinajstić information content (AvgIpc) is 3.07. The smallest absolute Gasteiger partial charge is 0.337 e. The number of hydrogen-bond donors (Lipinski definition) is 3. The van der Waals surface area contributed by atoms with Crippen molar-refractivity contribution in [2.75, 3.05) is 5.32 Å². The maximum Gasteiger partial charge on any atom is 0.337 e. The molecule has 5 aromatic rings. The Bertz CT molecular complexity index is 1990. The van der Waals surface area contributed by atoms with Gasteiger partial charge >= 0.3 is 5.97 Å². The second kappa shape index (κ2) is 14.1. The number of fused-ring (bicyclic) bond motifs is 1. The molecule has 1 amide bonds. The lowest BCUT2D eigenvalue weighted by Crippen LogP contribution is -2.39. The van der Waals surface area contributed by atoms with E-state index >= 15 is 0 Å². The molecule has 1 fully saturated rings. The Balaban J connectivity index is 1.00. The fourth-order valence-electron chi connectivity index (χ4n) is 5.69. The lowest BCUT2D eigenvalue weighted by Gasteiger charge is -2.29. The van der Waals surface area contributed by atoms with Crippen LogP contribution in [0.15, 0.2) is 120 Å². The molecule has 47 heavy (non-hydrogen) atoms. The maximum atomic E-state index is 12.7. The Hall–Kier alpha value is -5.19. The summed E-state index contributed by atoms with van der Waals surface area (Å²) in [7, 11) is -3.53. The summed E-state index contributed by atoms with van der Waals surface area (Å²) in [6.07, 6.45) is 3.04. The van der Waals surface area contributed by atoms with Gasteiger partial charge in [0.15, 0.2) is 0 Å². The summed E-state index contributed by atoms with van der Waals surface area (Å²) in [6.45, 7) is 0. The first-order valence-corrected chi connectivity index (χ1v) is 16.9. The zero-order chi connectivity index (χ0) is 32.8. The van der Waals surface area contributed by atoms with Gasteiger partial charge < -0.3 is 19.9 Å². The fourth-order valence-corrected chi connectivity index (χ4v) is 7.01. The van der Waals surface area contributed by atoms with Crippen LogP contribution in [0.1, 0.15) is 41.6 Å². The molecule has 0 aliphatic heterocycles. The second-order valence-corrected chi connectivity index (χ2v) is 13.2. The van der Waals surface area contributed by atoms with Gasteiger partial charge in [0.1, 0.15) is 17.2 Å². The van der Waals surface area contributed by atoms with Crippen LogP contribution in [0, 0.1) is 0 Å². The van der Waals surface area contributed by atoms with E-state index in [9.17, 15) is 23.1 Å². The van der Waals surface area contributed by atoms with Gasteiger partial charge in [0, 0.05) is 6.04 Å². The third-order valence-electron chi connectivity index (χ3n) is 8.09. The van der Waals surface area contributed by atoms with Crippen LogP contribution >= 0.6 is 0 Å². The number of aromatic carboxylic acids is 1. The van der Waals surface area contributed by atoms with Gasteiger partial charge in [-0.05, 0) is 103 Å². The highest BCUT2D eigenvalue weighted by molar-refractivity contribution is 7.89. The minimum atomic E-state index is -3.53. The number of anilines is 1. The Morgan fingerprint density at radius 2 is 1.34 bits per heavy atom. The van der Waals surface area contributed by atoms with Gasteiger partial charge in [0.05, 0.1) is 28.7 Å². The molecule has 0 bridgehead atoms. The molecule has 0 aromatic heterocycles. The lowest BCUT2D eigenvalue weighted by atomic mass is 9.93. The number of carbonyl (C=O) groups is 2. The second-order valence-electron chi connectivity index (χ2n) is 11.5. The minimum Gasteiger partial charge on any atom is -0.490 e. The van der Waals surface area contributed by atoms with E-state index < -0.39 is 16.0 Å². The molecular weight excluding hydrogens is 616 g/mol. The number of para-hydroxylation sites is 1. The summed E-state index contributed by atoms with van der Waals surface area (Å²) in [4.78, 5) is 24.2. The number of sulfonamides is 1. The van der Waals surface area contributed by atoms with Crippen molar-refractivity contribution < 1.29 is 32.6 Å². The Morgan fingerprint density at radius 3 is 2.04 bits per heavy atom. The van der Waals surface area contributed by atoms with Crippen molar-refractivity contribution in [1.82, 2.24) is 4.72 Å². The predicted molar refractivity (Wildman–Crippen MR) is 180 cm³/mol. The van der Waals surface area contributed by atoms with Crippen LogP contribution in [0.3, 0.4) is 0 Å². The summed E-state index contributed by atoms with van der Waals surface area (Å²) < 4.78 is 40.5. The summed E-state index contributed by atoms with van der Waals surface area (Å²) in [6, 6.07) is 33.5. The number of carbonyl (C=O) groups excluding carboxylic acids is 1. The molecule has 3 N–H and O–H groups in total. The SMILES string of the molecule is O=C(Cc1ccc(Oc2ccc3cc(OC4CCC(NS(=O)(=O)c5ccccc5)CC4)ccc3c2)cc1)Nc1ccccc1C(=O)O. The van der Waals surface area contributed by atoms with Gasteiger partial charge in [0.2, 0.25) is 15.9 Å². The highest BCUT2D eigenvalue weighted by Gasteiger charge is 2.26. The standard InChI is InChI=1S/C37H34N2O7S/c40-36(38-35-9-5-4-8-34(35)37(41)42)22-25-10-16-29(17-11-25)45-31-18-12-27-24-32(19-13-26(27)23-31)46-30-20-14-28(15-21-30)39-47(43,44)33-6-2-1-3-7-33/h1-13,16-19,23-24,28,30,39H,14-15,20-22H2,(H,38,40)(H,41,42). The highest BCUT2D eigenvalue weighted by Crippen LogP contribution is 2.31. The largest absolute Gasteiger partial charge is 0.490 e. The van der Waals surface area contributed by atoms with Crippen molar-refractivity contribution in [2.45, 2.75) is 49.1 Å². The number of hydrogen-bond acceptors (Lipinski definition) is 6. The van der Waals surface area contributed by atoms with Crippen LogP contribution in [0.2, 0.25) is 0 Å². The molecule has 1 saturated carbocycles. The molecule has 0 spiro atoms. The maximum absolute atomic E-state index is 12.7. The molecule has 0 unspecified atom stereocenters. The summed E-state index contributed by atoms with van der Waals surface area (Å²) >= 11 is 0. The highest BCUT2D eigenvalue weighted by atomic mass is 32.2. The molecular formula is C37H34N2O7S. The van der Waals surface area contributed by atoms with Gasteiger partial charge in [-0.15, -0.1) is 0 Å². The van der Waals surface area contributed by atoms with E-state index in [4.69, 9.17) is 9.47 Å². The van der Waals surface area contributed by atoms with E-state index in [-0.39, 0.29) is 40.6 Å². The van der Waals surface area contributed by atoms with Gasteiger partial charge in [-0.1, -0.05) is 54.6 Å². The van der Waals surface area contributed by atoms with Gasteiger partial charge in [-0.2, -0.15) is 0 Å². The lowest BCUT2D eigenvalue weighted by molar-refractivity contribution is -0.115. The van der Waals surface area contributed by atoms with Gasteiger partial charge in [0.25, 0.3) is 0 Å². The molecule has 10 heteroatoms. The third kappa shape index (κ3) is 8.16. The van der Waals surface area contributed by atoms with E-state index in [2.05, 4.69) is 10.0 Å². The summed E-state index contributed by atoms with van der Waals surface area (Å²) in [5, 5.41) is 14.0. The summed E-state index contributed by atoms with van der Waals surface area (Å²) in [5.41, 5.74) is 1.06. The van der Waals surface area contributed by atoms with E-state index in [1.807, 2.05) is 36.4 Å². The molecule has 1 aliphatic carbocycles. The van der Waals surface area contributed by atoms with E-state index in [0.717, 1.165) is 34.9 Å². The van der Waals surface area contributed by atoms with Crippen molar-refractivity contribution in [3.05, 3.63) is 126 Å². The number of carboxylic acid groups (broad SMARTS) is 1. The first-order chi connectivity index (χ1) is 22.7. The Kier molecular flexibility index (Phi) is 9.51. The monoisotopic (exact) mass is 650 g/mol. The quantitative estimate of drug-likeness (QED) is 0.138. The molecule has 0 atom stereocenters. The van der Waals surface area contributed by atoms with E-state index in [0.29, 0.717) is 24.3 Å². The van der Waals surface area contributed by atoms with E-state index in [1.165, 1.54) is 6.07 Å². The number of nitrogens with one attached hydrogen (secondary N) is 2. The van der Waals surface area contributed by atoms with Gasteiger partial charge in [-0.25, -0.2) is 17.9 Å². The molecule has 9 nitrogen and oxygen atoms in total. The van der Waals surface area contributed by atoms with Crippen molar-refractivity contribution in [3.8, 4) is 17.2 Å². The topological polar surface area (TPSA) is 131 Å². The van der Waals surface area contributed by atoms with Crippen molar-refractivity contribution in [2.24, 2.45) is 0 Å². The predicted octanol–water partition coefficient (Wildman–Crippen LogP) is 7.18. The molecule has 5 aromatic carbocycles. The fraction of sp³-hybridized carbons (Fsp3) is 0.189. The first kappa shape index (κ1) is 31.8. The third-order valence-corrected chi connectivity index (χ3v) is 9.63. The number of amides is 1. The molecule has 6 rings (SSSR count). The van der Waals surface area contributed by atoms with Gasteiger partial charge in [-0.3, -0.25) is 4.79 Å². The van der Waals surface area contributed by atoms with Crippen LogP contribution in [-0.4, -0.2) is 37.5 Å². The Labute approximate surface area is 273 Å². The van der Waals surface area contributed by atoms with Crippen molar-refractivity contribution >= 4 is 38.4 Å². The first-order valence-electron chi connectivity index (χ1n) is 15.4. The van der Waals surface area contributed by atoms with Crippen molar-refractivity contribution in [1.29, 1.82) is 0 Å². The average molecular weight is 651 g/mol. The van der Waals surface area contributed by atoms with Crippen LogP contribution in [0.4, 0.5) is 5.69 Å². The number of benzene rings is 5. The van der Waals surface area contributed by atoms with Crippen LogP contribution in [0.25, 0.3) is 10.8 Å². The zero-order valence-electron chi connectivity index (χ0n) is 25.5. The van der Waals surface area contributed by atoms with E-state index in [1.54, 1.807) is 72.8 Å². The van der Waals surface area contributed by atoms with Crippen LogP contribution in [-0.2, 0) is 21.2 Å². The molecule has 0 radical (unpaired) electrons. The minimum absolute atomic E-state index is 0.0159. The number of ether oxygens (including phenoxy) is 2. The number of rotatable bonds is 11. The Morgan fingerprint density at radius 1 is 0.723 bits per heavy atom. The molecule has 0 heterocycles. The van der Waals surface area contributed by atoms with Crippen LogP contribution < -0.4 is 19.5 Å². The van der Waals surface area contributed by atoms with Crippen molar-refractivity contribution in [3.63, 3.8) is 0 Å². The number of carboxylic acids is 1. The summed E-state index contributed by atoms with van der Waals surface area (Å²) in [5.74, 6) is 0.632. The molecule has 0 saturated heterocycles. The zero-order valence-corrected chi connectivity index (χ0v) is 26.3. The molecule has 240 valence electrons. The van der Waals surface area contributed by atoms with Crippen LogP contribution in [0.5, 0.6) is 17.2 Å².